The fourth-order valence-corrected chi connectivity index (χ4v) is 0.863. The molecule has 0 saturated heterocycles. The van der Waals surface area contributed by atoms with Crippen molar-refractivity contribution in [1.29, 1.82) is 0 Å². The minimum Gasteiger partial charge on any atom is -0.396 e. The summed E-state index contributed by atoms with van der Waals surface area (Å²) < 4.78 is 0. The van der Waals surface area contributed by atoms with Gasteiger partial charge in [0.05, 0.1) is 0 Å². The van der Waals surface area contributed by atoms with Crippen LogP contribution in [-0.2, 0) is 4.79 Å². The van der Waals surface area contributed by atoms with E-state index in [0.29, 0.717) is 24.5 Å². The summed E-state index contributed by atoms with van der Waals surface area (Å²) in [6.45, 7) is 0.151. The molecule has 1 saturated carbocycles. The molecule has 0 radical (unpaired) electrons. The fraction of sp³-hybridized carbons (Fsp3) is 0.857. The molecule has 0 spiro atoms. The van der Waals surface area contributed by atoms with Crippen LogP contribution in [0.1, 0.15) is 25.7 Å². The second-order valence-corrected chi connectivity index (χ2v) is 2.57. The van der Waals surface area contributed by atoms with E-state index in [1.54, 1.807) is 0 Å². The number of Topliss-reactive ketones (excluding diaryl/α,β-unsaturated/α-hetero) is 1. The van der Waals surface area contributed by atoms with Crippen LogP contribution in [0.25, 0.3) is 0 Å². The van der Waals surface area contributed by atoms with Crippen LogP contribution in [0.15, 0.2) is 0 Å². The molecule has 0 aromatic carbocycles. The number of aliphatic hydroxyl groups excluding tert-OH is 1. The molecule has 1 aliphatic carbocycles. The zero-order chi connectivity index (χ0) is 6.69. The molecule has 2 heteroatoms. The Morgan fingerprint density at radius 1 is 1.56 bits per heavy atom. The Labute approximate surface area is 54.9 Å². The van der Waals surface area contributed by atoms with Crippen molar-refractivity contribution in [1.82, 2.24) is 0 Å². The minimum atomic E-state index is 0.151. The van der Waals surface area contributed by atoms with Crippen LogP contribution in [-0.4, -0.2) is 17.5 Å². The van der Waals surface area contributed by atoms with Gasteiger partial charge in [-0.2, -0.15) is 0 Å². The lowest BCUT2D eigenvalue weighted by Crippen LogP contribution is -2.00. The highest BCUT2D eigenvalue weighted by atomic mass is 16.3. The van der Waals surface area contributed by atoms with E-state index in [1.165, 1.54) is 0 Å². The Hall–Kier alpha value is -0.370. The average Bonchev–Trinajstić information content (AvgIpc) is 2.63. The van der Waals surface area contributed by atoms with Crippen LogP contribution >= 0.6 is 0 Å². The van der Waals surface area contributed by atoms with Gasteiger partial charge in [0.1, 0.15) is 5.78 Å². The SMILES string of the molecule is O=C(CCCO)C1CC1. The molecule has 0 heterocycles. The highest BCUT2D eigenvalue weighted by Crippen LogP contribution is 2.30. The van der Waals surface area contributed by atoms with Crippen molar-refractivity contribution in [3.63, 3.8) is 0 Å². The van der Waals surface area contributed by atoms with E-state index in [9.17, 15) is 4.79 Å². The summed E-state index contributed by atoms with van der Waals surface area (Å²) in [6.07, 6.45) is 3.41. The van der Waals surface area contributed by atoms with Gasteiger partial charge in [0.25, 0.3) is 0 Å². The third-order valence-electron chi connectivity index (χ3n) is 1.61. The van der Waals surface area contributed by atoms with Crippen molar-refractivity contribution >= 4 is 5.78 Å². The third kappa shape index (κ3) is 2.14. The molecule has 0 aromatic rings. The molecular formula is C7H12O2. The van der Waals surface area contributed by atoms with Gasteiger partial charge in [-0.3, -0.25) is 4.79 Å². The standard InChI is InChI=1S/C7H12O2/c8-5-1-2-7(9)6-3-4-6/h6,8H,1-5H2. The van der Waals surface area contributed by atoms with E-state index in [1.807, 2.05) is 0 Å². The maximum atomic E-state index is 10.9. The van der Waals surface area contributed by atoms with E-state index < -0.39 is 0 Å². The normalized spacial score (nSPS) is 17.9. The maximum Gasteiger partial charge on any atom is 0.136 e. The van der Waals surface area contributed by atoms with Crippen molar-refractivity contribution in [3.8, 4) is 0 Å². The first-order chi connectivity index (χ1) is 4.34. The summed E-state index contributed by atoms with van der Waals surface area (Å²) in [5, 5.41) is 8.37. The summed E-state index contributed by atoms with van der Waals surface area (Å²) in [7, 11) is 0. The number of hydrogen-bond donors (Lipinski definition) is 1. The van der Waals surface area contributed by atoms with Crippen molar-refractivity contribution in [2.24, 2.45) is 5.92 Å². The first-order valence-electron chi connectivity index (χ1n) is 3.48. The van der Waals surface area contributed by atoms with Gasteiger partial charge in [-0.05, 0) is 19.3 Å². The van der Waals surface area contributed by atoms with Gasteiger partial charge in [0.15, 0.2) is 0 Å². The summed E-state index contributed by atoms with van der Waals surface area (Å²) in [4.78, 5) is 10.9. The molecule has 2 nitrogen and oxygen atoms in total. The highest BCUT2D eigenvalue weighted by molar-refractivity contribution is 5.82. The maximum absolute atomic E-state index is 10.9. The van der Waals surface area contributed by atoms with Gasteiger partial charge in [0, 0.05) is 18.9 Å². The summed E-state index contributed by atoms with van der Waals surface area (Å²) >= 11 is 0. The topological polar surface area (TPSA) is 37.3 Å². The second-order valence-electron chi connectivity index (χ2n) is 2.57. The largest absolute Gasteiger partial charge is 0.396 e. The number of ketones is 1. The Morgan fingerprint density at radius 2 is 2.22 bits per heavy atom. The Balaban J connectivity index is 2.03. The molecule has 52 valence electrons. The molecule has 1 fully saturated rings. The van der Waals surface area contributed by atoms with Gasteiger partial charge >= 0.3 is 0 Å². The van der Waals surface area contributed by atoms with Crippen LogP contribution < -0.4 is 0 Å². The lowest BCUT2D eigenvalue weighted by molar-refractivity contribution is -0.120. The first-order valence-corrected chi connectivity index (χ1v) is 3.48. The van der Waals surface area contributed by atoms with Crippen LogP contribution in [0.5, 0.6) is 0 Å². The smallest absolute Gasteiger partial charge is 0.136 e. The predicted octanol–water partition coefficient (Wildman–Crippen LogP) is 0.738. The lowest BCUT2D eigenvalue weighted by Gasteiger charge is -1.92. The molecule has 1 rings (SSSR count). The molecule has 0 unspecified atom stereocenters. The van der Waals surface area contributed by atoms with Crippen LogP contribution in [0.2, 0.25) is 0 Å². The summed E-state index contributed by atoms with van der Waals surface area (Å²) in [5.74, 6) is 0.723. The second kappa shape index (κ2) is 2.97. The number of carbonyl (C=O) groups is 1. The molecular weight excluding hydrogens is 116 g/mol. The van der Waals surface area contributed by atoms with Crippen LogP contribution in [0.4, 0.5) is 0 Å². The summed E-state index contributed by atoms with van der Waals surface area (Å²) in [6, 6.07) is 0. The molecule has 0 bridgehead atoms. The van der Waals surface area contributed by atoms with E-state index in [0.717, 1.165) is 12.8 Å². The Kier molecular flexibility index (Phi) is 2.22. The fourth-order valence-electron chi connectivity index (χ4n) is 0.863. The van der Waals surface area contributed by atoms with Gasteiger partial charge in [-0.1, -0.05) is 0 Å². The van der Waals surface area contributed by atoms with E-state index in [4.69, 9.17) is 5.11 Å². The highest BCUT2D eigenvalue weighted by Gasteiger charge is 2.28. The Morgan fingerprint density at radius 3 is 2.67 bits per heavy atom. The summed E-state index contributed by atoms with van der Waals surface area (Å²) in [5.41, 5.74) is 0. The third-order valence-corrected chi connectivity index (χ3v) is 1.61. The molecule has 1 N–H and O–H groups in total. The van der Waals surface area contributed by atoms with E-state index in [2.05, 4.69) is 0 Å². The zero-order valence-electron chi connectivity index (χ0n) is 5.47. The quantitative estimate of drug-likeness (QED) is 0.606. The monoisotopic (exact) mass is 128 g/mol. The number of carbonyl (C=O) groups excluding carboxylic acids is 1. The number of rotatable bonds is 4. The van der Waals surface area contributed by atoms with Crippen molar-refractivity contribution < 1.29 is 9.90 Å². The van der Waals surface area contributed by atoms with Gasteiger partial charge in [-0.25, -0.2) is 0 Å². The first kappa shape index (κ1) is 6.75. The number of aliphatic hydroxyl groups is 1. The minimum absolute atomic E-state index is 0.151. The van der Waals surface area contributed by atoms with Gasteiger partial charge in [-0.15, -0.1) is 0 Å². The van der Waals surface area contributed by atoms with Gasteiger partial charge < -0.3 is 5.11 Å². The molecule has 0 aromatic heterocycles. The molecule has 0 amide bonds. The molecule has 0 aliphatic heterocycles. The van der Waals surface area contributed by atoms with E-state index in [-0.39, 0.29) is 6.61 Å². The van der Waals surface area contributed by atoms with Crippen LogP contribution in [0, 0.1) is 5.92 Å². The zero-order valence-corrected chi connectivity index (χ0v) is 5.47. The van der Waals surface area contributed by atoms with Crippen molar-refractivity contribution in [3.05, 3.63) is 0 Å². The lowest BCUT2D eigenvalue weighted by atomic mass is 10.1. The molecule has 1 aliphatic rings. The molecule has 0 atom stereocenters. The number of hydrogen-bond acceptors (Lipinski definition) is 2. The Bertz CT molecular complexity index is 105. The predicted molar refractivity (Wildman–Crippen MR) is 34.1 cm³/mol. The average molecular weight is 128 g/mol. The van der Waals surface area contributed by atoms with Crippen molar-refractivity contribution in [2.45, 2.75) is 25.7 Å². The van der Waals surface area contributed by atoms with E-state index >= 15 is 0 Å². The molecule has 9 heavy (non-hydrogen) atoms. The van der Waals surface area contributed by atoms with Gasteiger partial charge in [0.2, 0.25) is 0 Å². The van der Waals surface area contributed by atoms with Crippen LogP contribution in [0.3, 0.4) is 0 Å². The van der Waals surface area contributed by atoms with Crippen molar-refractivity contribution in [2.75, 3.05) is 6.61 Å².